The van der Waals surface area contributed by atoms with Crippen molar-refractivity contribution in [1.82, 2.24) is 0 Å². The molecule has 4 aliphatic carbocycles. The SMILES string of the molecule is CC(=O)C1(O)CCC2C3CCC4=CC(=O)CCC4(C)C3[C@@H](O)CC21C. The Labute approximate surface area is 149 Å². The molecule has 6 unspecified atom stereocenters. The minimum absolute atomic E-state index is 0.117. The van der Waals surface area contributed by atoms with Gasteiger partial charge < -0.3 is 10.2 Å². The molecule has 0 heterocycles. The summed E-state index contributed by atoms with van der Waals surface area (Å²) in [4.78, 5) is 24.1. The van der Waals surface area contributed by atoms with Crippen molar-refractivity contribution in [2.75, 3.05) is 0 Å². The number of aliphatic hydroxyl groups excluding tert-OH is 1. The minimum atomic E-state index is -1.30. The van der Waals surface area contributed by atoms with Crippen LogP contribution in [0.5, 0.6) is 0 Å². The van der Waals surface area contributed by atoms with Crippen LogP contribution in [-0.4, -0.2) is 33.5 Å². The van der Waals surface area contributed by atoms with Gasteiger partial charge in [0.25, 0.3) is 0 Å². The monoisotopic (exact) mass is 346 g/mol. The van der Waals surface area contributed by atoms with Crippen LogP contribution >= 0.6 is 0 Å². The second-order valence-electron chi connectivity index (χ2n) is 9.53. The van der Waals surface area contributed by atoms with Crippen LogP contribution in [0.1, 0.15) is 65.7 Å². The number of fused-ring (bicyclic) bond motifs is 5. The van der Waals surface area contributed by atoms with Gasteiger partial charge in [0.05, 0.1) is 6.10 Å². The lowest BCUT2D eigenvalue weighted by molar-refractivity contribution is -0.179. The number of carbonyl (C=O) groups is 2. The summed E-state index contributed by atoms with van der Waals surface area (Å²) in [6, 6.07) is 0. The van der Waals surface area contributed by atoms with E-state index in [1.54, 1.807) is 0 Å². The van der Waals surface area contributed by atoms with Crippen LogP contribution < -0.4 is 0 Å². The van der Waals surface area contributed by atoms with Gasteiger partial charge in [-0.25, -0.2) is 0 Å². The molecule has 0 radical (unpaired) electrons. The van der Waals surface area contributed by atoms with Crippen molar-refractivity contribution >= 4 is 11.6 Å². The average Bonchev–Trinajstić information content (AvgIpc) is 2.80. The molecular weight excluding hydrogens is 316 g/mol. The lowest BCUT2D eigenvalue weighted by Gasteiger charge is -2.60. The molecule has 138 valence electrons. The summed E-state index contributed by atoms with van der Waals surface area (Å²) in [6.07, 6.45) is 6.38. The van der Waals surface area contributed by atoms with Gasteiger partial charge >= 0.3 is 0 Å². The van der Waals surface area contributed by atoms with Gasteiger partial charge in [0.1, 0.15) is 5.60 Å². The summed E-state index contributed by atoms with van der Waals surface area (Å²) in [6.45, 7) is 5.73. The molecule has 0 aromatic carbocycles. The number of hydrogen-bond donors (Lipinski definition) is 2. The third kappa shape index (κ3) is 2.07. The Bertz CT molecular complexity index is 667. The smallest absolute Gasteiger partial charge is 0.161 e. The first-order valence-electron chi connectivity index (χ1n) is 9.79. The quantitative estimate of drug-likeness (QED) is 0.766. The zero-order valence-corrected chi connectivity index (χ0v) is 15.5. The second kappa shape index (κ2) is 5.26. The first kappa shape index (κ1) is 17.4. The molecule has 0 spiro atoms. The van der Waals surface area contributed by atoms with E-state index in [-0.39, 0.29) is 28.8 Å². The molecule has 4 rings (SSSR count). The van der Waals surface area contributed by atoms with Gasteiger partial charge in [0.15, 0.2) is 11.6 Å². The zero-order valence-electron chi connectivity index (χ0n) is 15.5. The van der Waals surface area contributed by atoms with Crippen LogP contribution in [0, 0.1) is 28.6 Å². The highest BCUT2D eigenvalue weighted by molar-refractivity contribution is 5.91. The van der Waals surface area contributed by atoms with Crippen LogP contribution in [0.2, 0.25) is 0 Å². The molecule has 0 aromatic rings. The normalized spacial score (nSPS) is 52.0. The highest BCUT2D eigenvalue weighted by Crippen LogP contribution is 2.67. The van der Waals surface area contributed by atoms with Crippen LogP contribution in [0.15, 0.2) is 11.6 Å². The van der Waals surface area contributed by atoms with E-state index in [2.05, 4.69) is 6.92 Å². The van der Waals surface area contributed by atoms with Crippen molar-refractivity contribution in [1.29, 1.82) is 0 Å². The van der Waals surface area contributed by atoms with Crippen molar-refractivity contribution in [3.05, 3.63) is 11.6 Å². The van der Waals surface area contributed by atoms with Crippen molar-refractivity contribution in [2.24, 2.45) is 28.6 Å². The first-order valence-corrected chi connectivity index (χ1v) is 9.79. The van der Waals surface area contributed by atoms with E-state index in [4.69, 9.17) is 0 Å². The van der Waals surface area contributed by atoms with Gasteiger partial charge in [-0.2, -0.15) is 0 Å². The molecule has 25 heavy (non-hydrogen) atoms. The van der Waals surface area contributed by atoms with Crippen molar-refractivity contribution in [3.8, 4) is 0 Å². The summed E-state index contributed by atoms with van der Waals surface area (Å²) in [5, 5.41) is 22.3. The minimum Gasteiger partial charge on any atom is -0.393 e. The third-order valence-electron chi connectivity index (χ3n) is 8.63. The lowest BCUT2D eigenvalue weighted by Crippen LogP contribution is -2.61. The van der Waals surface area contributed by atoms with Gasteiger partial charge in [-0.15, -0.1) is 0 Å². The van der Waals surface area contributed by atoms with E-state index in [1.807, 2.05) is 13.0 Å². The molecule has 3 saturated carbocycles. The molecular formula is C21H30O4. The Morgan fingerprint density at radius 3 is 2.60 bits per heavy atom. The summed E-state index contributed by atoms with van der Waals surface area (Å²) >= 11 is 0. The van der Waals surface area contributed by atoms with Crippen LogP contribution in [-0.2, 0) is 9.59 Å². The number of carbonyl (C=O) groups excluding carboxylic acids is 2. The molecule has 4 aliphatic rings. The summed E-state index contributed by atoms with van der Waals surface area (Å²) < 4.78 is 0. The topological polar surface area (TPSA) is 74.6 Å². The third-order valence-corrected chi connectivity index (χ3v) is 8.63. The molecule has 0 bridgehead atoms. The fourth-order valence-corrected chi connectivity index (χ4v) is 7.27. The first-order chi connectivity index (χ1) is 11.6. The predicted molar refractivity (Wildman–Crippen MR) is 93.7 cm³/mol. The predicted octanol–water partition coefficient (Wildman–Crippen LogP) is 2.81. The number of hydrogen-bond acceptors (Lipinski definition) is 4. The Morgan fingerprint density at radius 2 is 1.92 bits per heavy atom. The average molecular weight is 346 g/mol. The highest BCUT2D eigenvalue weighted by atomic mass is 16.3. The Kier molecular flexibility index (Phi) is 3.66. The van der Waals surface area contributed by atoms with Gasteiger partial charge in [-0.3, -0.25) is 9.59 Å². The van der Waals surface area contributed by atoms with Gasteiger partial charge in [0, 0.05) is 11.8 Å². The second-order valence-corrected chi connectivity index (χ2v) is 9.53. The molecule has 0 amide bonds. The Morgan fingerprint density at radius 1 is 1.20 bits per heavy atom. The number of aliphatic hydroxyl groups is 2. The standard InChI is InChI=1S/C21H30O4/c1-12(22)21(25)9-7-16-15-5-4-13-10-14(23)6-8-19(13,2)18(15)17(24)11-20(16,21)3/h10,15-18,24-25H,4-9,11H2,1-3H3/t15?,16?,17-,18?,19?,20?,21?/m0/s1. The molecule has 2 N–H and O–H groups in total. The highest BCUT2D eigenvalue weighted by Gasteiger charge is 2.67. The zero-order chi connectivity index (χ0) is 18.2. The van der Waals surface area contributed by atoms with E-state index < -0.39 is 17.1 Å². The molecule has 0 saturated heterocycles. The number of rotatable bonds is 1. The van der Waals surface area contributed by atoms with Gasteiger partial charge in [-0.05, 0) is 74.7 Å². The maximum Gasteiger partial charge on any atom is 0.161 e. The molecule has 7 atom stereocenters. The lowest BCUT2D eigenvalue weighted by atomic mass is 9.45. The maximum atomic E-state index is 12.2. The molecule has 4 nitrogen and oxygen atoms in total. The van der Waals surface area contributed by atoms with Crippen molar-refractivity contribution in [3.63, 3.8) is 0 Å². The molecule has 4 heteroatoms. The van der Waals surface area contributed by atoms with Crippen molar-refractivity contribution < 1.29 is 19.8 Å². The summed E-state index contributed by atoms with van der Waals surface area (Å²) in [7, 11) is 0. The molecule has 3 fully saturated rings. The Hall–Kier alpha value is -1.00. The molecule has 0 aromatic heterocycles. The summed E-state index contributed by atoms with van der Waals surface area (Å²) in [5.74, 6) is 0.776. The van der Waals surface area contributed by atoms with E-state index in [0.29, 0.717) is 25.2 Å². The van der Waals surface area contributed by atoms with E-state index in [9.17, 15) is 19.8 Å². The number of Topliss-reactive ketones (excluding diaryl/α,β-unsaturated/α-hetero) is 1. The fourth-order valence-electron chi connectivity index (χ4n) is 7.27. The van der Waals surface area contributed by atoms with E-state index in [1.165, 1.54) is 12.5 Å². The Balaban J connectivity index is 1.75. The van der Waals surface area contributed by atoms with E-state index >= 15 is 0 Å². The van der Waals surface area contributed by atoms with Crippen LogP contribution in [0.4, 0.5) is 0 Å². The van der Waals surface area contributed by atoms with Gasteiger partial charge in [0.2, 0.25) is 0 Å². The molecule has 0 aliphatic heterocycles. The van der Waals surface area contributed by atoms with Gasteiger partial charge in [-0.1, -0.05) is 19.4 Å². The van der Waals surface area contributed by atoms with Crippen LogP contribution in [0.3, 0.4) is 0 Å². The van der Waals surface area contributed by atoms with E-state index in [0.717, 1.165) is 25.7 Å². The maximum absolute atomic E-state index is 12.2. The number of allylic oxidation sites excluding steroid dienone is 1. The van der Waals surface area contributed by atoms with Crippen LogP contribution in [0.25, 0.3) is 0 Å². The largest absolute Gasteiger partial charge is 0.393 e. The van der Waals surface area contributed by atoms with Crippen molar-refractivity contribution in [2.45, 2.75) is 77.4 Å². The fraction of sp³-hybridized carbons (Fsp3) is 0.810. The number of ketones is 2. The summed E-state index contributed by atoms with van der Waals surface area (Å²) in [5.41, 5.74) is -0.744.